The number of aromatic nitrogens is 3. The van der Waals surface area contributed by atoms with Crippen molar-refractivity contribution in [3.8, 4) is 0 Å². The summed E-state index contributed by atoms with van der Waals surface area (Å²) in [5.41, 5.74) is 1.26. The summed E-state index contributed by atoms with van der Waals surface area (Å²) in [5.74, 6) is 0.990. The third-order valence-electron chi connectivity index (χ3n) is 3.05. The summed E-state index contributed by atoms with van der Waals surface area (Å²) < 4.78 is 3.06. The van der Waals surface area contributed by atoms with Crippen LogP contribution in [-0.2, 0) is 13.1 Å². The third-order valence-corrected chi connectivity index (χ3v) is 3.54. The average Bonchev–Trinajstić information content (AvgIpc) is 2.84. The second-order valence-corrected chi connectivity index (χ2v) is 5.47. The second kappa shape index (κ2) is 6.82. The van der Waals surface area contributed by atoms with E-state index in [2.05, 4.69) is 63.4 Å². The lowest BCUT2D eigenvalue weighted by Crippen LogP contribution is -2.21. The maximum Gasteiger partial charge on any atom is 0.140 e. The Morgan fingerprint density at radius 1 is 1.42 bits per heavy atom. The van der Waals surface area contributed by atoms with Crippen molar-refractivity contribution in [1.29, 1.82) is 0 Å². The van der Waals surface area contributed by atoms with Gasteiger partial charge in [0.25, 0.3) is 0 Å². The van der Waals surface area contributed by atoms with Crippen molar-refractivity contribution in [2.75, 3.05) is 0 Å². The number of nitrogens with zero attached hydrogens (tertiary/aromatic N) is 3. The summed E-state index contributed by atoms with van der Waals surface area (Å²) in [6.45, 7) is 5.95. The van der Waals surface area contributed by atoms with E-state index in [0.717, 1.165) is 29.8 Å². The van der Waals surface area contributed by atoms with E-state index in [-0.39, 0.29) is 6.04 Å². The molecule has 1 heterocycles. The standard InChI is InChI=1S/C14H19BrN4/c1-3-7-19-14(17-10-18-19)9-16-11(2)12-5-4-6-13(15)8-12/h4-6,8,10-11,16H,3,7,9H2,1-2H3/t11-/m1/s1. The number of rotatable bonds is 6. The van der Waals surface area contributed by atoms with Gasteiger partial charge >= 0.3 is 0 Å². The number of hydrogen-bond acceptors (Lipinski definition) is 3. The van der Waals surface area contributed by atoms with Gasteiger partial charge in [0, 0.05) is 17.1 Å². The third kappa shape index (κ3) is 3.88. The zero-order chi connectivity index (χ0) is 13.7. The molecule has 5 heteroatoms. The molecule has 0 fully saturated rings. The van der Waals surface area contributed by atoms with Crippen LogP contribution < -0.4 is 5.32 Å². The van der Waals surface area contributed by atoms with Gasteiger partial charge in [-0.3, -0.25) is 0 Å². The highest BCUT2D eigenvalue weighted by Gasteiger charge is 2.08. The molecule has 1 aromatic carbocycles. The lowest BCUT2D eigenvalue weighted by molar-refractivity contribution is 0.509. The highest BCUT2D eigenvalue weighted by Crippen LogP contribution is 2.18. The van der Waals surface area contributed by atoms with Crippen molar-refractivity contribution in [2.24, 2.45) is 0 Å². The minimum Gasteiger partial charge on any atom is -0.303 e. The first-order valence-corrected chi connectivity index (χ1v) is 7.35. The van der Waals surface area contributed by atoms with Crippen LogP contribution in [0.5, 0.6) is 0 Å². The zero-order valence-electron chi connectivity index (χ0n) is 11.3. The quantitative estimate of drug-likeness (QED) is 0.887. The summed E-state index contributed by atoms with van der Waals surface area (Å²) in [7, 11) is 0. The molecule has 102 valence electrons. The molecule has 0 unspecified atom stereocenters. The van der Waals surface area contributed by atoms with Crippen LogP contribution in [0.25, 0.3) is 0 Å². The van der Waals surface area contributed by atoms with Crippen molar-refractivity contribution in [2.45, 2.75) is 39.4 Å². The Morgan fingerprint density at radius 2 is 2.26 bits per heavy atom. The van der Waals surface area contributed by atoms with Gasteiger partial charge in [-0.2, -0.15) is 5.10 Å². The van der Waals surface area contributed by atoms with Gasteiger partial charge in [-0.05, 0) is 31.0 Å². The first kappa shape index (κ1) is 14.2. The van der Waals surface area contributed by atoms with Gasteiger partial charge in [-0.15, -0.1) is 0 Å². The topological polar surface area (TPSA) is 42.7 Å². The van der Waals surface area contributed by atoms with E-state index in [1.165, 1.54) is 5.56 Å². The van der Waals surface area contributed by atoms with Crippen LogP contribution in [0.15, 0.2) is 35.1 Å². The van der Waals surface area contributed by atoms with E-state index in [1.54, 1.807) is 6.33 Å². The molecule has 0 radical (unpaired) electrons. The fourth-order valence-electron chi connectivity index (χ4n) is 1.96. The minimum absolute atomic E-state index is 0.282. The Kier molecular flexibility index (Phi) is 5.10. The van der Waals surface area contributed by atoms with Crippen LogP contribution in [-0.4, -0.2) is 14.8 Å². The summed E-state index contributed by atoms with van der Waals surface area (Å²) in [4.78, 5) is 4.30. The molecule has 0 spiro atoms. The zero-order valence-corrected chi connectivity index (χ0v) is 12.9. The van der Waals surface area contributed by atoms with E-state index < -0.39 is 0 Å². The average molecular weight is 323 g/mol. The van der Waals surface area contributed by atoms with Gasteiger partial charge in [-0.1, -0.05) is 35.0 Å². The molecule has 1 N–H and O–H groups in total. The molecular weight excluding hydrogens is 304 g/mol. The fraction of sp³-hybridized carbons (Fsp3) is 0.429. The largest absolute Gasteiger partial charge is 0.303 e. The molecule has 4 nitrogen and oxygen atoms in total. The van der Waals surface area contributed by atoms with Crippen molar-refractivity contribution < 1.29 is 0 Å². The predicted octanol–water partition coefficient (Wildman–Crippen LogP) is 3.30. The normalized spacial score (nSPS) is 12.6. The number of aryl methyl sites for hydroxylation is 1. The molecule has 0 saturated carbocycles. The molecular formula is C14H19BrN4. The summed E-state index contributed by atoms with van der Waals surface area (Å²) >= 11 is 3.50. The van der Waals surface area contributed by atoms with Gasteiger partial charge in [0.05, 0.1) is 6.54 Å². The monoisotopic (exact) mass is 322 g/mol. The first-order valence-electron chi connectivity index (χ1n) is 6.56. The second-order valence-electron chi connectivity index (χ2n) is 4.56. The van der Waals surface area contributed by atoms with Gasteiger partial charge in [0.15, 0.2) is 0 Å². The van der Waals surface area contributed by atoms with Crippen LogP contribution in [0.4, 0.5) is 0 Å². The number of hydrogen-bond donors (Lipinski definition) is 1. The highest BCUT2D eigenvalue weighted by atomic mass is 79.9. The van der Waals surface area contributed by atoms with Crippen LogP contribution in [0.3, 0.4) is 0 Å². The van der Waals surface area contributed by atoms with Gasteiger partial charge in [0.2, 0.25) is 0 Å². The molecule has 1 aromatic heterocycles. The molecule has 0 saturated heterocycles. The van der Waals surface area contributed by atoms with Crippen LogP contribution in [0.2, 0.25) is 0 Å². The molecule has 2 aromatic rings. The molecule has 0 aliphatic carbocycles. The molecule has 0 bridgehead atoms. The van der Waals surface area contributed by atoms with Gasteiger partial charge in [-0.25, -0.2) is 9.67 Å². The van der Waals surface area contributed by atoms with E-state index in [9.17, 15) is 0 Å². The molecule has 19 heavy (non-hydrogen) atoms. The number of nitrogens with one attached hydrogen (secondary N) is 1. The smallest absolute Gasteiger partial charge is 0.140 e. The van der Waals surface area contributed by atoms with Crippen molar-refractivity contribution >= 4 is 15.9 Å². The molecule has 0 aliphatic heterocycles. The molecule has 0 amide bonds. The maximum absolute atomic E-state index is 4.30. The van der Waals surface area contributed by atoms with Gasteiger partial charge < -0.3 is 5.32 Å². The van der Waals surface area contributed by atoms with Crippen molar-refractivity contribution in [3.63, 3.8) is 0 Å². The maximum atomic E-state index is 4.30. The Morgan fingerprint density at radius 3 is 3.00 bits per heavy atom. The Balaban J connectivity index is 1.96. The lowest BCUT2D eigenvalue weighted by Gasteiger charge is -2.14. The summed E-state index contributed by atoms with van der Waals surface area (Å²) in [6.07, 6.45) is 2.69. The number of benzene rings is 1. The molecule has 1 atom stereocenters. The van der Waals surface area contributed by atoms with Crippen LogP contribution in [0.1, 0.15) is 37.7 Å². The summed E-state index contributed by atoms with van der Waals surface area (Å²) in [6, 6.07) is 8.63. The Bertz CT molecular complexity index is 524. The van der Waals surface area contributed by atoms with Crippen LogP contribution in [0, 0.1) is 0 Å². The first-order chi connectivity index (χ1) is 9.20. The lowest BCUT2D eigenvalue weighted by atomic mass is 10.1. The number of halogens is 1. The summed E-state index contributed by atoms with van der Waals surface area (Å²) in [5, 5.41) is 7.71. The Hall–Kier alpha value is -1.20. The van der Waals surface area contributed by atoms with E-state index >= 15 is 0 Å². The van der Waals surface area contributed by atoms with E-state index in [1.807, 2.05) is 10.7 Å². The molecule has 2 rings (SSSR count). The predicted molar refractivity (Wildman–Crippen MR) is 79.7 cm³/mol. The van der Waals surface area contributed by atoms with Crippen molar-refractivity contribution in [3.05, 3.63) is 46.5 Å². The Labute approximate surface area is 122 Å². The van der Waals surface area contributed by atoms with E-state index in [4.69, 9.17) is 0 Å². The van der Waals surface area contributed by atoms with Crippen LogP contribution >= 0.6 is 15.9 Å². The van der Waals surface area contributed by atoms with E-state index in [0.29, 0.717) is 0 Å². The van der Waals surface area contributed by atoms with Gasteiger partial charge in [0.1, 0.15) is 12.2 Å². The SMILES string of the molecule is CCCn1ncnc1CN[C@H](C)c1cccc(Br)c1. The van der Waals surface area contributed by atoms with Crippen molar-refractivity contribution in [1.82, 2.24) is 20.1 Å². The minimum atomic E-state index is 0.282. The highest BCUT2D eigenvalue weighted by molar-refractivity contribution is 9.10. The fourth-order valence-corrected chi connectivity index (χ4v) is 2.38. The molecule has 0 aliphatic rings.